The molecule has 2 aromatic carbocycles. The van der Waals surface area contributed by atoms with Crippen molar-refractivity contribution in [2.45, 2.75) is 31.9 Å². The van der Waals surface area contributed by atoms with Crippen LogP contribution in [0.15, 0.2) is 60.7 Å². The molecule has 7 nitrogen and oxygen atoms in total. The fraction of sp³-hybridized carbons (Fsp3) is 0.286. The van der Waals surface area contributed by atoms with Gasteiger partial charge in [-0.05, 0) is 17.5 Å². The van der Waals surface area contributed by atoms with Crippen LogP contribution in [0.1, 0.15) is 24.0 Å². The van der Waals surface area contributed by atoms with E-state index in [0.29, 0.717) is 19.4 Å². The van der Waals surface area contributed by atoms with E-state index in [2.05, 4.69) is 10.6 Å². The van der Waals surface area contributed by atoms with Crippen LogP contribution in [0.5, 0.6) is 0 Å². The molecule has 2 rings (SSSR count). The summed E-state index contributed by atoms with van der Waals surface area (Å²) in [7, 11) is 0. The number of nitrogens with two attached hydrogens (primary N) is 1. The summed E-state index contributed by atoms with van der Waals surface area (Å²) >= 11 is 0. The maximum absolute atomic E-state index is 12.0. The number of primary amides is 1. The van der Waals surface area contributed by atoms with E-state index >= 15 is 0 Å². The van der Waals surface area contributed by atoms with E-state index in [1.165, 1.54) is 0 Å². The molecule has 0 saturated heterocycles. The van der Waals surface area contributed by atoms with Crippen LogP contribution in [0, 0.1) is 0 Å². The van der Waals surface area contributed by atoms with Crippen molar-refractivity contribution in [3.05, 3.63) is 71.8 Å². The molecular weight excluding hydrogens is 358 g/mol. The van der Waals surface area contributed by atoms with Crippen LogP contribution in [0.4, 0.5) is 4.79 Å². The molecule has 148 valence electrons. The Morgan fingerprint density at radius 2 is 1.54 bits per heavy atom. The van der Waals surface area contributed by atoms with Gasteiger partial charge in [-0.1, -0.05) is 60.7 Å². The van der Waals surface area contributed by atoms with Gasteiger partial charge in [0.15, 0.2) is 0 Å². The minimum absolute atomic E-state index is 0.164. The topological polar surface area (TPSA) is 111 Å². The lowest BCUT2D eigenvalue weighted by molar-refractivity contribution is -0.127. The van der Waals surface area contributed by atoms with Crippen LogP contribution in [0.25, 0.3) is 0 Å². The molecular formula is C21H25N3O4. The number of carbonyl (C=O) groups excluding carboxylic acids is 3. The largest absolute Gasteiger partial charge is 0.445 e. The van der Waals surface area contributed by atoms with E-state index in [1.54, 1.807) is 0 Å². The van der Waals surface area contributed by atoms with E-state index in [-0.39, 0.29) is 18.9 Å². The van der Waals surface area contributed by atoms with Gasteiger partial charge in [0.2, 0.25) is 11.8 Å². The molecule has 28 heavy (non-hydrogen) atoms. The Morgan fingerprint density at radius 3 is 2.14 bits per heavy atom. The maximum Gasteiger partial charge on any atom is 0.407 e. The zero-order valence-corrected chi connectivity index (χ0v) is 15.6. The molecule has 0 aliphatic rings. The highest BCUT2D eigenvalue weighted by atomic mass is 16.5. The summed E-state index contributed by atoms with van der Waals surface area (Å²) in [6.45, 7) is 0.480. The Balaban J connectivity index is 1.64. The molecule has 4 N–H and O–H groups in total. The van der Waals surface area contributed by atoms with Gasteiger partial charge in [0.05, 0.1) is 0 Å². The van der Waals surface area contributed by atoms with Crippen molar-refractivity contribution in [1.29, 1.82) is 0 Å². The predicted octanol–water partition coefficient (Wildman–Crippen LogP) is 1.91. The quantitative estimate of drug-likeness (QED) is 0.544. The molecule has 0 radical (unpaired) electrons. The average Bonchev–Trinajstić information content (AvgIpc) is 2.70. The second kappa shape index (κ2) is 11.4. The Morgan fingerprint density at radius 1 is 0.929 bits per heavy atom. The highest BCUT2D eigenvalue weighted by molar-refractivity contribution is 5.86. The normalized spacial score (nSPS) is 11.3. The summed E-state index contributed by atoms with van der Waals surface area (Å²) in [6, 6.07) is 17.9. The molecule has 0 aliphatic carbocycles. The van der Waals surface area contributed by atoms with Crippen LogP contribution >= 0.6 is 0 Å². The van der Waals surface area contributed by atoms with Gasteiger partial charge in [0, 0.05) is 19.4 Å². The van der Waals surface area contributed by atoms with Gasteiger partial charge in [-0.2, -0.15) is 0 Å². The predicted molar refractivity (Wildman–Crippen MR) is 105 cm³/mol. The maximum atomic E-state index is 12.0. The van der Waals surface area contributed by atoms with Crippen LogP contribution in [0.2, 0.25) is 0 Å². The number of hydrogen-bond acceptors (Lipinski definition) is 4. The van der Waals surface area contributed by atoms with Crippen molar-refractivity contribution in [3.63, 3.8) is 0 Å². The Hall–Kier alpha value is -3.35. The molecule has 0 fully saturated rings. The lowest BCUT2D eigenvalue weighted by Gasteiger charge is -2.15. The molecule has 2 aromatic rings. The van der Waals surface area contributed by atoms with Crippen molar-refractivity contribution in [2.24, 2.45) is 5.73 Å². The van der Waals surface area contributed by atoms with Crippen molar-refractivity contribution in [3.8, 4) is 0 Å². The summed E-state index contributed by atoms with van der Waals surface area (Å²) in [5, 5.41) is 5.23. The summed E-state index contributed by atoms with van der Waals surface area (Å²) in [4.78, 5) is 35.3. The van der Waals surface area contributed by atoms with E-state index in [1.807, 2.05) is 60.7 Å². The highest BCUT2D eigenvalue weighted by Gasteiger charge is 2.18. The lowest BCUT2D eigenvalue weighted by Crippen LogP contribution is -2.45. The van der Waals surface area contributed by atoms with Gasteiger partial charge in [0.25, 0.3) is 0 Å². The van der Waals surface area contributed by atoms with Gasteiger partial charge in [-0.15, -0.1) is 0 Å². The summed E-state index contributed by atoms with van der Waals surface area (Å²) in [5.41, 5.74) is 7.19. The van der Waals surface area contributed by atoms with Gasteiger partial charge < -0.3 is 21.1 Å². The minimum atomic E-state index is -0.765. The number of amides is 3. The third-order valence-corrected chi connectivity index (χ3v) is 4.02. The highest BCUT2D eigenvalue weighted by Crippen LogP contribution is 2.04. The van der Waals surface area contributed by atoms with Crippen LogP contribution in [-0.2, 0) is 27.4 Å². The van der Waals surface area contributed by atoms with E-state index in [0.717, 1.165) is 11.1 Å². The Kier molecular flexibility index (Phi) is 8.52. The first-order valence-electron chi connectivity index (χ1n) is 9.12. The molecule has 0 saturated carbocycles. The van der Waals surface area contributed by atoms with Crippen molar-refractivity contribution < 1.29 is 19.1 Å². The number of ether oxygens (including phenoxy) is 1. The third kappa shape index (κ3) is 7.90. The van der Waals surface area contributed by atoms with Crippen molar-refractivity contribution >= 4 is 17.9 Å². The monoisotopic (exact) mass is 383 g/mol. The van der Waals surface area contributed by atoms with Gasteiger partial charge >= 0.3 is 6.09 Å². The van der Waals surface area contributed by atoms with Gasteiger partial charge in [-0.3, -0.25) is 9.59 Å². The third-order valence-electron chi connectivity index (χ3n) is 4.02. The standard InChI is InChI=1S/C21H25N3O4/c22-20(26)18(14-16-8-3-1-4-9-16)24-19(25)12-7-13-23-21(27)28-15-17-10-5-2-6-11-17/h1-6,8-11,18H,7,12-15H2,(H2,22,26)(H,23,27)(H,24,25). The van der Waals surface area contributed by atoms with Crippen molar-refractivity contribution in [2.75, 3.05) is 6.54 Å². The van der Waals surface area contributed by atoms with Crippen LogP contribution in [0.3, 0.4) is 0 Å². The number of alkyl carbamates (subject to hydrolysis) is 1. The molecule has 1 atom stereocenters. The van der Waals surface area contributed by atoms with Crippen LogP contribution < -0.4 is 16.4 Å². The number of rotatable bonds is 10. The lowest BCUT2D eigenvalue weighted by atomic mass is 10.1. The SMILES string of the molecule is NC(=O)C(Cc1ccccc1)NC(=O)CCCNC(=O)OCc1ccccc1. The molecule has 0 bridgehead atoms. The molecule has 0 spiro atoms. The summed E-state index contributed by atoms with van der Waals surface area (Å²) in [6.07, 6.45) is 0.385. The average molecular weight is 383 g/mol. The van der Waals surface area contributed by atoms with Gasteiger partial charge in [0.1, 0.15) is 12.6 Å². The molecule has 7 heteroatoms. The summed E-state index contributed by atoms with van der Waals surface area (Å²) < 4.78 is 5.09. The van der Waals surface area contributed by atoms with E-state index < -0.39 is 18.0 Å². The molecule has 0 aliphatic heterocycles. The number of nitrogens with one attached hydrogen (secondary N) is 2. The second-order valence-corrected chi connectivity index (χ2v) is 6.30. The first-order chi connectivity index (χ1) is 13.5. The number of benzene rings is 2. The fourth-order valence-corrected chi connectivity index (χ4v) is 2.55. The molecule has 0 heterocycles. The van der Waals surface area contributed by atoms with Crippen molar-refractivity contribution in [1.82, 2.24) is 10.6 Å². The Labute approximate surface area is 164 Å². The minimum Gasteiger partial charge on any atom is -0.445 e. The Bertz CT molecular complexity index is 766. The second-order valence-electron chi connectivity index (χ2n) is 6.30. The zero-order valence-electron chi connectivity index (χ0n) is 15.6. The number of hydrogen-bond donors (Lipinski definition) is 3. The summed E-state index contributed by atoms with van der Waals surface area (Å²) in [5.74, 6) is -0.876. The molecule has 0 aromatic heterocycles. The first kappa shape index (κ1) is 21.0. The number of carbonyl (C=O) groups is 3. The molecule has 3 amide bonds. The van der Waals surface area contributed by atoms with Crippen LogP contribution in [-0.4, -0.2) is 30.5 Å². The zero-order chi connectivity index (χ0) is 20.2. The fourth-order valence-electron chi connectivity index (χ4n) is 2.55. The van der Waals surface area contributed by atoms with E-state index in [4.69, 9.17) is 10.5 Å². The van der Waals surface area contributed by atoms with Gasteiger partial charge in [-0.25, -0.2) is 4.79 Å². The molecule has 1 unspecified atom stereocenters. The first-order valence-corrected chi connectivity index (χ1v) is 9.12. The smallest absolute Gasteiger partial charge is 0.407 e. The van der Waals surface area contributed by atoms with E-state index in [9.17, 15) is 14.4 Å².